The standard InChI is InChI=1S/C23H25N5O5/c1-2-33-22(29)16-5-3-15(4-6-16)20-19(17-13-27(14-17)23(30)31)25-21-18(7-8-24-28(20)21)26-9-11-32-12-10-26/h3-8,17H,2,9-14H2,1H3,(H,30,31). The summed E-state index contributed by atoms with van der Waals surface area (Å²) in [4.78, 5) is 32.0. The van der Waals surface area contributed by atoms with Crippen molar-refractivity contribution in [2.24, 2.45) is 0 Å². The summed E-state index contributed by atoms with van der Waals surface area (Å²) in [6.07, 6.45) is 0.826. The fourth-order valence-electron chi connectivity index (χ4n) is 4.34. The molecular weight excluding hydrogens is 426 g/mol. The minimum Gasteiger partial charge on any atom is -0.465 e. The van der Waals surface area contributed by atoms with Crippen LogP contribution < -0.4 is 4.90 Å². The number of nitrogens with zero attached hydrogens (tertiary/aromatic N) is 5. The maximum Gasteiger partial charge on any atom is 0.407 e. The van der Waals surface area contributed by atoms with Gasteiger partial charge in [0, 0.05) is 37.7 Å². The third-order valence-corrected chi connectivity index (χ3v) is 6.09. The van der Waals surface area contributed by atoms with E-state index in [2.05, 4.69) is 10.00 Å². The van der Waals surface area contributed by atoms with Crippen LogP contribution in [-0.2, 0) is 9.47 Å². The molecule has 2 aromatic heterocycles. The number of amides is 1. The molecule has 0 saturated carbocycles. The Morgan fingerprint density at radius 1 is 1.15 bits per heavy atom. The molecule has 1 N–H and O–H groups in total. The molecule has 0 bridgehead atoms. The van der Waals surface area contributed by atoms with E-state index >= 15 is 0 Å². The predicted molar refractivity (Wildman–Crippen MR) is 120 cm³/mol. The molecule has 4 heterocycles. The normalized spacial score (nSPS) is 16.6. The smallest absolute Gasteiger partial charge is 0.407 e. The second-order valence-electron chi connectivity index (χ2n) is 8.08. The minimum atomic E-state index is -0.928. The number of rotatable bonds is 5. The second-order valence-corrected chi connectivity index (χ2v) is 8.08. The summed E-state index contributed by atoms with van der Waals surface area (Å²) in [7, 11) is 0. The van der Waals surface area contributed by atoms with Gasteiger partial charge in [-0.25, -0.2) is 19.1 Å². The summed E-state index contributed by atoms with van der Waals surface area (Å²) in [6.45, 7) is 5.70. The van der Waals surface area contributed by atoms with Crippen LogP contribution in [0, 0.1) is 0 Å². The molecule has 10 heteroatoms. The SMILES string of the molecule is CCOC(=O)c1ccc(-c2c(C3CN(C(=O)O)C3)nc3c(N4CCOCC4)ccnn23)cc1. The highest BCUT2D eigenvalue weighted by Gasteiger charge is 2.36. The zero-order chi connectivity index (χ0) is 22.9. The van der Waals surface area contributed by atoms with Gasteiger partial charge >= 0.3 is 12.1 Å². The van der Waals surface area contributed by atoms with Gasteiger partial charge in [0.15, 0.2) is 5.65 Å². The molecule has 172 valence electrons. The number of hydrogen-bond donors (Lipinski definition) is 1. The van der Waals surface area contributed by atoms with E-state index < -0.39 is 6.09 Å². The number of aromatic nitrogens is 3. The zero-order valence-corrected chi connectivity index (χ0v) is 18.3. The fourth-order valence-corrected chi connectivity index (χ4v) is 4.34. The van der Waals surface area contributed by atoms with Crippen LogP contribution in [0.1, 0.15) is 28.9 Å². The highest BCUT2D eigenvalue weighted by molar-refractivity contribution is 5.90. The molecule has 0 radical (unpaired) electrons. The molecule has 2 aliphatic rings. The van der Waals surface area contributed by atoms with E-state index in [1.165, 1.54) is 4.90 Å². The Bertz CT molecular complexity index is 1180. The Morgan fingerprint density at radius 3 is 2.55 bits per heavy atom. The lowest BCUT2D eigenvalue weighted by Crippen LogP contribution is -2.48. The van der Waals surface area contributed by atoms with Crippen LogP contribution in [-0.4, -0.2) is 82.7 Å². The van der Waals surface area contributed by atoms with E-state index in [1.54, 1.807) is 25.3 Å². The van der Waals surface area contributed by atoms with Gasteiger partial charge in [-0.1, -0.05) is 12.1 Å². The van der Waals surface area contributed by atoms with Crippen molar-refractivity contribution < 1.29 is 24.2 Å². The second kappa shape index (κ2) is 8.70. The van der Waals surface area contributed by atoms with E-state index in [1.807, 2.05) is 22.7 Å². The Balaban J connectivity index is 1.59. The monoisotopic (exact) mass is 451 g/mol. The average molecular weight is 451 g/mol. The minimum absolute atomic E-state index is 0.0277. The van der Waals surface area contributed by atoms with Crippen LogP contribution in [0.25, 0.3) is 16.9 Å². The van der Waals surface area contributed by atoms with Gasteiger partial charge in [-0.15, -0.1) is 0 Å². The highest BCUT2D eigenvalue weighted by atomic mass is 16.5. The Hall–Kier alpha value is -3.66. The van der Waals surface area contributed by atoms with Gasteiger partial charge < -0.3 is 24.4 Å². The molecule has 2 fully saturated rings. The first-order chi connectivity index (χ1) is 16.1. The van der Waals surface area contributed by atoms with E-state index in [9.17, 15) is 14.7 Å². The lowest BCUT2D eigenvalue weighted by molar-refractivity contribution is 0.0526. The van der Waals surface area contributed by atoms with Crippen LogP contribution >= 0.6 is 0 Å². The summed E-state index contributed by atoms with van der Waals surface area (Å²) in [6, 6.07) is 9.13. The molecule has 3 aromatic rings. The van der Waals surface area contributed by atoms with Crippen molar-refractivity contribution in [2.75, 3.05) is 50.9 Å². The number of benzene rings is 1. The van der Waals surface area contributed by atoms with Crippen molar-refractivity contribution >= 4 is 23.4 Å². The average Bonchev–Trinajstić information content (AvgIpc) is 3.17. The summed E-state index contributed by atoms with van der Waals surface area (Å²) in [5.74, 6) is -0.397. The topological polar surface area (TPSA) is 110 Å². The molecule has 1 aromatic carbocycles. The number of hydrogen-bond acceptors (Lipinski definition) is 7. The van der Waals surface area contributed by atoms with Crippen molar-refractivity contribution in [2.45, 2.75) is 12.8 Å². The lowest BCUT2D eigenvalue weighted by atomic mass is 9.93. The molecule has 5 rings (SSSR count). The number of esters is 1. The number of anilines is 1. The first kappa shape index (κ1) is 21.2. The molecule has 2 saturated heterocycles. The summed E-state index contributed by atoms with van der Waals surface area (Å²) in [5.41, 5.74) is 4.64. The van der Waals surface area contributed by atoms with Crippen molar-refractivity contribution in [3.8, 4) is 11.3 Å². The number of imidazole rings is 1. The number of carbonyl (C=O) groups excluding carboxylic acids is 1. The van der Waals surface area contributed by atoms with E-state index in [-0.39, 0.29) is 11.9 Å². The molecule has 0 spiro atoms. The zero-order valence-electron chi connectivity index (χ0n) is 18.3. The maximum absolute atomic E-state index is 12.1. The summed E-state index contributed by atoms with van der Waals surface area (Å²) >= 11 is 0. The number of ether oxygens (including phenoxy) is 2. The van der Waals surface area contributed by atoms with Crippen LogP contribution in [0.15, 0.2) is 36.5 Å². The van der Waals surface area contributed by atoms with Gasteiger partial charge in [-0.2, -0.15) is 5.10 Å². The van der Waals surface area contributed by atoms with Crippen molar-refractivity contribution in [1.82, 2.24) is 19.5 Å². The molecule has 0 aliphatic carbocycles. The molecular formula is C23H25N5O5. The number of carbonyl (C=O) groups is 2. The van der Waals surface area contributed by atoms with Gasteiger partial charge in [0.25, 0.3) is 0 Å². The number of morpholine rings is 1. The number of carboxylic acid groups (broad SMARTS) is 1. The number of fused-ring (bicyclic) bond motifs is 1. The number of likely N-dealkylation sites (tertiary alicyclic amines) is 1. The molecule has 0 unspecified atom stereocenters. The maximum atomic E-state index is 12.1. The Labute approximate surface area is 190 Å². The van der Waals surface area contributed by atoms with E-state index in [0.29, 0.717) is 38.5 Å². The van der Waals surface area contributed by atoms with Crippen LogP contribution in [0.2, 0.25) is 0 Å². The Kier molecular flexibility index (Phi) is 5.59. The first-order valence-corrected chi connectivity index (χ1v) is 11.0. The van der Waals surface area contributed by atoms with Crippen molar-refractivity contribution in [1.29, 1.82) is 0 Å². The van der Waals surface area contributed by atoms with Gasteiger partial charge in [0.1, 0.15) is 0 Å². The van der Waals surface area contributed by atoms with Crippen LogP contribution in [0.4, 0.5) is 10.5 Å². The van der Waals surface area contributed by atoms with Crippen molar-refractivity contribution in [3.05, 3.63) is 47.8 Å². The first-order valence-electron chi connectivity index (χ1n) is 11.0. The third-order valence-electron chi connectivity index (χ3n) is 6.09. The molecule has 0 atom stereocenters. The highest BCUT2D eigenvalue weighted by Crippen LogP contribution is 2.37. The van der Waals surface area contributed by atoms with Gasteiger partial charge in [-0.3, -0.25) is 0 Å². The summed E-state index contributed by atoms with van der Waals surface area (Å²) in [5, 5.41) is 13.9. The molecule has 2 aliphatic heterocycles. The van der Waals surface area contributed by atoms with E-state index in [0.717, 1.165) is 41.4 Å². The van der Waals surface area contributed by atoms with Crippen LogP contribution in [0.3, 0.4) is 0 Å². The van der Waals surface area contributed by atoms with E-state index in [4.69, 9.17) is 14.5 Å². The Morgan fingerprint density at radius 2 is 1.88 bits per heavy atom. The largest absolute Gasteiger partial charge is 0.465 e. The molecule has 1 amide bonds. The molecule has 33 heavy (non-hydrogen) atoms. The fraction of sp³-hybridized carbons (Fsp3) is 0.391. The van der Waals surface area contributed by atoms with Gasteiger partial charge in [0.2, 0.25) is 0 Å². The molecule has 10 nitrogen and oxygen atoms in total. The summed E-state index contributed by atoms with van der Waals surface area (Å²) < 4.78 is 12.4. The van der Waals surface area contributed by atoms with Crippen LogP contribution in [0.5, 0.6) is 0 Å². The van der Waals surface area contributed by atoms with Gasteiger partial charge in [-0.05, 0) is 25.1 Å². The lowest BCUT2D eigenvalue weighted by Gasteiger charge is -2.36. The quantitative estimate of drug-likeness (QED) is 0.590. The van der Waals surface area contributed by atoms with Gasteiger partial charge in [0.05, 0.1) is 48.7 Å². The predicted octanol–water partition coefficient (Wildman–Crippen LogP) is 2.49. The third kappa shape index (κ3) is 3.86. The van der Waals surface area contributed by atoms with Crippen molar-refractivity contribution in [3.63, 3.8) is 0 Å².